The van der Waals surface area contributed by atoms with Gasteiger partial charge >= 0.3 is 0 Å². The number of rotatable bonds is 1. The molecule has 0 amide bonds. The predicted octanol–water partition coefficient (Wildman–Crippen LogP) is 2.48. The van der Waals surface area contributed by atoms with E-state index in [0.717, 1.165) is 5.65 Å². The van der Waals surface area contributed by atoms with Crippen LogP contribution in [0.5, 0.6) is 0 Å². The minimum absolute atomic E-state index is 0. The lowest BCUT2D eigenvalue weighted by Crippen LogP contribution is -1.99. The van der Waals surface area contributed by atoms with Crippen LogP contribution in [-0.2, 0) is 0 Å². The topological polar surface area (TPSA) is 43.6 Å². The average Bonchev–Trinajstić information content (AvgIpc) is 2.48. The molecule has 0 aliphatic carbocycles. The molecule has 4 nitrogen and oxygen atoms in total. The molecule has 76 valence electrons. The van der Waals surface area contributed by atoms with Crippen molar-refractivity contribution in [3.8, 4) is 0 Å². The molecule has 0 aliphatic rings. The Morgan fingerprint density at radius 2 is 2.00 bits per heavy atom. The van der Waals surface area contributed by atoms with Crippen LogP contribution < -0.4 is 0 Å². The first-order chi connectivity index (χ1) is 6.20. The van der Waals surface area contributed by atoms with E-state index in [-0.39, 0.29) is 12.4 Å². The monoisotopic (exact) mass is 232 g/mol. The van der Waals surface area contributed by atoms with E-state index in [1.807, 2.05) is 4.57 Å². The summed E-state index contributed by atoms with van der Waals surface area (Å²) in [4.78, 5) is 12.1. The number of aromatic nitrogens is 4. The molecule has 0 aliphatic heterocycles. The predicted molar refractivity (Wildman–Crippen MR) is 58.0 cm³/mol. The zero-order chi connectivity index (χ0) is 9.42. The second-order valence-electron chi connectivity index (χ2n) is 3.08. The molecule has 0 fully saturated rings. The minimum atomic E-state index is 0. The van der Waals surface area contributed by atoms with Gasteiger partial charge in [0.15, 0.2) is 10.8 Å². The van der Waals surface area contributed by atoms with Crippen LogP contribution in [0.4, 0.5) is 0 Å². The first kappa shape index (κ1) is 11.2. The fourth-order valence-electron chi connectivity index (χ4n) is 1.20. The maximum atomic E-state index is 5.85. The van der Waals surface area contributed by atoms with E-state index in [1.54, 1.807) is 6.33 Å². The maximum Gasteiger partial charge on any atom is 0.165 e. The van der Waals surface area contributed by atoms with Crippen LogP contribution in [0.3, 0.4) is 0 Å². The molecular formula is C8H10Cl2N4. The van der Waals surface area contributed by atoms with Crippen molar-refractivity contribution in [1.29, 1.82) is 0 Å². The summed E-state index contributed by atoms with van der Waals surface area (Å²) in [5.74, 6) is 0. The number of fused-ring (bicyclic) bond motifs is 1. The summed E-state index contributed by atoms with van der Waals surface area (Å²) >= 11 is 5.85. The molecular weight excluding hydrogens is 223 g/mol. The van der Waals surface area contributed by atoms with Crippen molar-refractivity contribution >= 4 is 35.2 Å². The third-order valence-corrected chi connectivity index (χ3v) is 2.15. The van der Waals surface area contributed by atoms with Crippen LogP contribution in [0.15, 0.2) is 12.7 Å². The van der Waals surface area contributed by atoms with Gasteiger partial charge in [-0.1, -0.05) is 11.6 Å². The fraction of sp³-hybridized carbons (Fsp3) is 0.375. The molecule has 14 heavy (non-hydrogen) atoms. The maximum absolute atomic E-state index is 5.85. The van der Waals surface area contributed by atoms with Crippen molar-refractivity contribution in [3.05, 3.63) is 17.8 Å². The Morgan fingerprint density at radius 3 is 2.64 bits per heavy atom. The Morgan fingerprint density at radius 1 is 1.29 bits per heavy atom. The number of halogens is 2. The third kappa shape index (κ3) is 1.67. The molecule has 0 atom stereocenters. The Balaban J connectivity index is 0.000000980. The highest BCUT2D eigenvalue weighted by atomic mass is 35.5. The lowest BCUT2D eigenvalue weighted by atomic mass is 10.4. The van der Waals surface area contributed by atoms with E-state index in [4.69, 9.17) is 11.6 Å². The van der Waals surface area contributed by atoms with Gasteiger partial charge in [0.05, 0.1) is 6.33 Å². The summed E-state index contributed by atoms with van der Waals surface area (Å²) in [5, 5.41) is 0.407. The summed E-state index contributed by atoms with van der Waals surface area (Å²) < 4.78 is 1.96. The Hall–Kier alpha value is -0.870. The standard InChI is InChI=1S/C8H9ClN4.ClH/c1-5(2)13-4-12-6-7(9)10-3-11-8(6)13;/h3-5H,1-2H3;1H. The van der Waals surface area contributed by atoms with Gasteiger partial charge in [0.1, 0.15) is 11.8 Å². The van der Waals surface area contributed by atoms with Gasteiger partial charge in [-0.15, -0.1) is 12.4 Å². The molecule has 0 saturated heterocycles. The highest BCUT2D eigenvalue weighted by molar-refractivity contribution is 6.33. The highest BCUT2D eigenvalue weighted by Gasteiger charge is 2.09. The van der Waals surface area contributed by atoms with Gasteiger partial charge in [0, 0.05) is 6.04 Å². The second-order valence-corrected chi connectivity index (χ2v) is 3.44. The van der Waals surface area contributed by atoms with Crippen LogP contribution in [0.25, 0.3) is 11.2 Å². The van der Waals surface area contributed by atoms with Crippen LogP contribution in [0, 0.1) is 0 Å². The van der Waals surface area contributed by atoms with Crippen molar-refractivity contribution in [2.24, 2.45) is 0 Å². The van der Waals surface area contributed by atoms with E-state index in [1.165, 1.54) is 6.33 Å². The molecule has 0 saturated carbocycles. The average molecular weight is 233 g/mol. The van der Waals surface area contributed by atoms with Crippen LogP contribution in [0.1, 0.15) is 19.9 Å². The van der Waals surface area contributed by atoms with Crippen molar-refractivity contribution < 1.29 is 0 Å². The summed E-state index contributed by atoms with van der Waals surface area (Å²) in [6.07, 6.45) is 3.18. The highest BCUT2D eigenvalue weighted by Crippen LogP contribution is 2.19. The van der Waals surface area contributed by atoms with E-state index < -0.39 is 0 Å². The molecule has 2 aromatic rings. The van der Waals surface area contributed by atoms with Crippen LogP contribution in [-0.4, -0.2) is 19.5 Å². The lowest BCUT2D eigenvalue weighted by Gasteiger charge is -2.05. The Kier molecular flexibility index (Phi) is 3.29. The number of hydrogen-bond acceptors (Lipinski definition) is 3. The van der Waals surface area contributed by atoms with Gasteiger partial charge in [-0.3, -0.25) is 0 Å². The molecule has 2 rings (SSSR count). The number of imidazole rings is 1. The van der Waals surface area contributed by atoms with Gasteiger partial charge in [0.25, 0.3) is 0 Å². The fourth-order valence-corrected chi connectivity index (χ4v) is 1.38. The zero-order valence-electron chi connectivity index (χ0n) is 7.81. The smallest absolute Gasteiger partial charge is 0.165 e. The molecule has 2 aromatic heterocycles. The van der Waals surface area contributed by atoms with E-state index in [0.29, 0.717) is 16.7 Å². The molecule has 0 bridgehead atoms. The van der Waals surface area contributed by atoms with Crippen molar-refractivity contribution in [1.82, 2.24) is 19.5 Å². The molecule has 0 spiro atoms. The minimum Gasteiger partial charge on any atom is -0.313 e. The first-order valence-electron chi connectivity index (χ1n) is 4.03. The van der Waals surface area contributed by atoms with E-state index in [2.05, 4.69) is 28.8 Å². The zero-order valence-corrected chi connectivity index (χ0v) is 9.38. The van der Waals surface area contributed by atoms with E-state index >= 15 is 0 Å². The molecule has 0 N–H and O–H groups in total. The number of hydrogen-bond donors (Lipinski definition) is 0. The van der Waals surface area contributed by atoms with Crippen molar-refractivity contribution in [2.75, 3.05) is 0 Å². The molecule has 0 aromatic carbocycles. The summed E-state index contributed by atoms with van der Waals surface area (Å²) in [5.41, 5.74) is 1.45. The second kappa shape index (κ2) is 4.11. The Bertz CT molecular complexity index is 438. The van der Waals surface area contributed by atoms with Gasteiger partial charge < -0.3 is 4.57 Å². The van der Waals surface area contributed by atoms with Gasteiger partial charge in [0.2, 0.25) is 0 Å². The van der Waals surface area contributed by atoms with Crippen LogP contribution in [0.2, 0.25) is 5.15 Å². The quantitative estimate of drug-likeness (QED) is 0.710. The third-order valence-electron chi connectivity index (χ3n) is 1.87. The SMILES string of the molecule is CC(C)n1cnc2c(Cl)ncnc21.Cl. The van der Waals surface area contributed by atoms with Gasteiger partial charge in [-0.25, -0.2) is 15.0 Å². The van der Waals surface area contributed by atoms with Crippen molar-refractivity contribution in [3.63, 3.8) is 0 Å². The largest absolute Gasteiger partial charge is 0.313 e. The summed E-state index contributed by atoms with van der Waals surface area (Å²) in [6, 6.07) is 0.330. The van der Waals surface area contributed by atoms with E-state index in [9.17, 15) is 0 Å². The molecule has 6 heteroatoms. The first-order valence-corrected chi connectivity index (χ1v) is 4.41. The normalized spacial score (nSPS) is 10.6. The van der Waals surface area contributed by atoms with Crippen LogP contribution >= 0.6 is 24.0 Å². The number of nitrogens with zero attached hydrogens (tertiary/aromatic N) is 4. The summed E-state index contributed by atoms with van der Waals surface area (Å²) in [6.45, 7) is 4.13. The Labute approximate surface area is 92.7 Å². The molecule has 0 radical (unpaired) electrons. The van der Waals surface area contributed by atoms with Gasteiger partial charge in [-0.05, 0) is 13.8 Å². The van der Waals surface area contributed by atoms with Gasteiger partial charge in [-0.2, -0.15) is 0 Å². The molecule has 2 heterocycles. The lowest BCUT2D eigenvalue weighted by molar-refractivity contribution is 0.612. The summed E-state index contributed by atoms with van der Waals surface area (Å²) in [7, 11) is 0. The van der Waals surface area contributed by atoms with Crippen molar-refractivity contribution in [2.45, 2.75) is 19.9 Å². The molecule has 0 unspecified atom stereocenters.